The van der Waals surface area contributed by atoms with Gasteiger partial charge in [-0.25, -0.2) is 9.97 Å². The highest BCUT2D eigenvalue weighted by Crippen LogP contribution is 2.24. The number of hydrogen-bond donors (Lipinski definition) is 1. The van der Waals surface area contributed by atoms with Crippen LogP contribution in [0.2, 0.25) is 0 Å². The van der Waals surface area contributed by atoms with E-state index in [-0.39, 0.29) is 0 Å². The van der Waals surface area contributed by atoms with Crippen LogP contribution < -0.4 is 4.74 Å². The highest BCUT2D eigenvalue weighted by atomic mass is 16.5. The van der Waals surface area contributed by atoms with Crippen LogP contribution in [0.5, 0.6) is 5.75 Å². The van der Waals surface area contributed by atoms with Crippen molar-refractivity contribution in [2.24, 2.45) is 0 Å². The fraction of sp³-hybridized carbons (Fsp3) is 0.0769. The topological polar surface area (TPSA) is 50.8 Å². The fourth-order valence-electron chi connectivity index (χ4n) is 1.64. The number of benzene rings is 1. The Morgan fingerprint density at radius 1 is 1.12 bits per heavy atom. The van der Waals surface area contributed by atoms with Crippen molar-refractivity contribution in [3.05, 3.63) is 54.7 Å². The number of hydrogen-bond acceptors (Lipinski definition) is 3. The summed E-state index contributed by atoms with van der Waals surface area (Å²) >= 11 is 0. The minimum atomic E-state index is 0.346. The van der Waals surface area contributed by atoms with Crippen molar-refractivity contribution in [3.63, 3.8) is 0 Å². The third-order valence-corrected chi connectivity index (χ3v) is 2.45. The highest BCUT2D eigenvalue weighted by molar-refractivity contribution is 5.85. The van der Waals surface area contributed by atoms with Gasteiger partial charge in [-0.3, -0.25) is 0 Å². The minimum absolute atomic E-state index is 0.346. The highest BCUT2D eigenvalue weighted by Gasteiger charge is 2.05. The van der Waals surface area contributed by atoms with Gasteiger partial charge in [0.15, 0.2) is 11.6 Å². The number of ether oxygens (including phenoxy) is 1. The molecule has 1 N–H and O–H groups in total. The van der Waals surface area contributed by atoms with Gasteiger partial charge in [-0.15, -0.1) is 0 Å². The molecule has 0 fully saturated rings. The first-order valence-electron chi connectivity index (χ1n) is 5.30. The van der Waals surface area contributed by atoms with E-state index in [2.05, 4.69) is 21.1 Å². The van der Waals surface area contributed by atoms with Gasteiger partial charge in [-0.05, 0) is 18.2 Å². The summed E-state index contributed by atoms with van der Waals surface area (Å²) in [4.78, 5) is 11.2. The molecule has 0 aliphatic heterocycles. The van der Waals surface area contributed by atoms with Gasteiger partial charge in [0.25, 0.3) is 0 Å². The summed E-state index contributed by atoms with van der Waals surface area (Å²) < 4.78 is 5.63. The molecule has 0 bridgehead atoms. The van der Waals surface area contributed by atoms with E-state index in [0.29, 0.717) is 18.2 Å². The van der Waals surface area contributed by atoms with Crippen LogP contribution >= 0.6 is 0 Å². The molecule has 4 heteroatoms. The number of rotatable bonds is 3. The van der Waals surface area contributed by atoms with E-state index in [1.165, 1.54) is 0 Å². The Labute approximate surface area is 98.3 Å². The van der Waals surface area contributed by atoms with E-state index in [4.69, 9.17) is 4.74 Å². The Hall–Kier alpha value is -2.36. The smallest absolute Gasteiger partial charge is 0.166 e. The van der Waals surface area contributed by atoms with Crippen LogP contribution in [-0.2, 0) is 6.61 Å². The van der Waals surface area contributed by atoms with Crippen molar-refractivity contribution in [2.75, 3.05) is 0 Å². The maximum atomic E-state index is 5.63. The molecule has 0 spiro atoms. The summed E-state index contributed by atoms with van der Waals surface area (Å²) in [5.41, 5.74) is 1.01. The lowest BCUT2D eigenvalue weighted by molar-refractivity contribution is 0.298. The van der Waals surface area contributed by atoms with E-state index in [1.54, 1.807) is 18.5 Å². The molecule has 4 nitrogen and oxygen atoms in total. The van der Waals surface area contributed by atoms with E-state index < -0.39 is 0 Å². The average molecular weight is 224 g/mol. The van der Waals surface area contributed by atoms with Crippen LogP contribution in [0.25, 0.3) is 10.9 Å². The van der Waals surface area contributed by atoms with Crippen molar-refractivity contribution in [1.82, 2.24) is 15.0 Å². The van der Waals surface area contributed by atoms with Gasteiger partial charge in [0.1, 0.15) is 12.8 Å². The number of H-pyrrole nitrogens is 1. The number of aromatic nitrogens is 3. The number of fused-ring (bicyclic) bond motifs is 1. The molecule has 0 saturated heterocycles. The molecular weight excluding hydrogens is 214 g/mol. The van der Waals surface area contributed by atoms with Crippen LogP contribution in [0.15, 0.2) is 42.7 Å². The Balaban J connectivity index is 1.82. The zero-order valence-electron chi connectivity index (χ0n) is 9.05. The first-order chi connectivity index (χ1) is 8.43. The summed E-state index contributed by atoms with van der Waals surface area (Å²) in [7, 11) is 0. The molecule has 2 aromatic heterocycles. The number of nitrogens with one attached hydrogen (secondary N) is 1. The summed E-state index contributed by atoms with van der Waals surface area (Å²) in [6.45, 7) is 0.346. The Bertz CT molecular complexity index is 619. The van der Waals surface area contributed by atoms with Crippen molar-refractivity contribution in [1.29, 1.82) is 0 Å². The van der Waals surface area contributed by atoms with Crippen LogP contribution in [0.1, 0.15) is 5.82 Å². The summed E-state index contributed by atoms with van der Waals surface area (Å²) in [5, 5.41) is 1.02. The third kappa shape index (κ3) is 1.97. The molecule has 3 rings (SSSR count). The monoisotopic (exact) mass is 224 g/mol. The molecule has 0 aliphatic carbocycles. The van der Waals surface area contributed by atoms with Gasteiger partial charge in [-0.1, -0.05) is 12.1 Å². The zero-order chi connectivity index (χ0) is 11.5. The van der Waals surface area contributed by atoms with Crippen LogP contribution in [-0.4, -0.2) is 15.0 Å². The third-order valence-electron chi connectivity index (χ3n) is 2.45. The largest absolute Gasteiger partial charge is 0.483 e. The van der Waals surface area contributed by atoms with Gasteiger partial charge in [0, 0.05) is 23.3 Å². The lowest BCUT2D eigenvalue weighted by Gasteiger charge is -2.02. The Kier molecular flexibility index (Phi) is 2.46. The van der Waals surface area contributed by atoms with Crippen molar-refractivity contribution in [2.45, 2.75) is 6.61 Å². The quantitative estimate of drug-likeness (QED) is 0.742. The lowest BCUT2D eigenvalue weighted by atomic mass is 10.2. The van der Waals surface area contributed by atoms with Crippen LogP contribution in [0, 0.1) is 6.20 Å². The molecule has 1 aromatic carbocycles. The molecule has 0 amide bonds. The Morgan fingerprint density at radius 3 is 2.82 bits per heavy atom. The van der Waals surface area contributed by atoms with Gasteiger partial charge in [0.2, 0.25) is 0 Å². The van der Waals surface area contributed by atoms with Crippen molar-refractivity contribution < 1.29 is 4.74 Å². The summed E-state index contributed by atoms with van der Waals surface area (Å²) in [6.07, 6.45) is 6.38. The SMILES string of the molecule is [c]1[nH]c2ccccc2c1OCc1ncccn1. The number of para-hydroxylation sites is 1. The van der Waals surface area contributed by atoms with Gasteiger partial charge in [-0.2, -0.15) is 0 Å². The Morgan fingerprint density at radius 2 is 1.94 bits per heavy atom. The second-order valence-corrected chi connectivity index (χ2v) is 3.58. The van der Waals surface area contributed by atoms with Crippen LogP contribution in [0.3, 0.4) is 0 Å². The van der Waals surface area contributed by atoms with Gasteiger partial charge >= 0.3 is 0 Å². The molecule has 1 radical (unpaired) electrons. The predicted octanol–water partition coefficient (Wildman–Crippen LogP) is 2.34. The lowest BCUT2D eigenvalue weighted by Crippen LogP contribution is -1.99. The fourth-order valence-corrected chi connectivity index (χ4v) is 1.64. The van der Waals surface area contributed by atoms with E-state index in [1.807, 2.05) is 24.3 Å². The maximum Gasteiger partial charge on any atom is 0.166 e. The average Bonchev–Trinajstić information content (AvgIpc) is 2.81. The molecule has 0 atom stereocenters. The van der Waals surface area contributed by atoms with Crippen molar-refractivity contribution in [3.8, 4) is 5.75 Å². The van der Waals surface area contributed by atoms with E-state index >= 15 is 0 Å². The number of nitrogens with zero attached hydrogens (tertiary/aromatic N) is 2. The summed E-state index contributed by atoms with van der Waals surface area (Å²) in [5.74, 6) is 1.36. The van der Waals surface area contributed by atoms with E-state index in [9.17, 15) is 0 Å². The standard InChI is InChI=1S/C13H10N3O/c1-2-5-11-10(4-1)12(8-16-11)17-9-13-14-6-3-7-15-13/h1-7,16H,9H2. The molecule has 0 saturated carbocycles. The first kappa shape index (κ1) is 9.84. The van der Waals surface area contributed by atoms with E-state index in [0.717, 1.165) is 10.9 Å². The molecule has 2 heterocycles. The first-order valence-corrected chi connectivity index (χ1v) is 5.30. The molecular formula is C13H10N3O. The van der Waals surface area contributed by atoms with Gasteiger partial charge < -0.3 is 9.72 Å². The second kappa shape index (κ2) is 4.25. The zero-order valence-corrected chi connectivity index (χ0v) is 9.05. The van der Waals surface area contributed by atoms with Gasteiger partial charge in [0.05, 0.1) is 0 Å². The predicted molar refractivity (Wildman–Crippen MR) is 63.5 cm³/mol. The molecule has 83 valence electrons. The summed E-state index contributed by atoms with van der Waals surface area (Å²) in [6, 6.07) is 9.69. The molecule has 0 aliphatic rings. The maximum absolute atomic E-state index is 5.63. The van der Waals surface area contributed by atoms with Crippen LogP contribution in [0.4, 0.5) is 0 Å². The van der Waals surface area contributed by atoms with Crippen molar-refractivity contribution >= 4 is 10.9 Å². The normalized spacial score (nSPS) is 10.6. The molecule has 17 heavy (non-hydrogen) atoms. The number of aromatic amines is 1. The molecule has 0 unspecified atom stereocenters. The minimum Gasteiger partial charge on any atom is -0.483 e. The molecule has 3 aromatic rings. The second-order valence-electron chi connectivity index (χ2n) is 3.58.